The summed E-state index contributed by atoms with van der Waals surface area (Å²) >= 11 is 5.67. The number of benzene rings is 2. The fraction of sp³-hybridized carbons (Fsp3) is 0.391. The minimum absolute atomic E-state index is 0.00647. The highest BCUT2D eigenvalue weighted by Crippen LogP contribution is 2.55. The van der Waals surface area contributed by atoms with Crippen molar-refractivity contribution in [3.8, 4) is 0 Å². The lowest BCUT2D eigenvalue weighted by atomic mass is 9.55. The highest BCUT2D eigenvalue weighted by atomic mass is 32.1. The van der Waals surface area contributed by atoms with Crippen LogP contribution >= 0.6 is 12.2 Å². The number of para-hydroxylation sites is 1. The highest BCUT2D eigenvalue weighted by molar-refractivity contribution is 7.80. The number of hydrogen-bond acceptors (Lipinski definition) is 2. The first-order valence-corrected chi connectivity index (χ1v) is 10.4. The van der Waals surface area contributed by atoms with Gasteiger partial charge in [0.2, 0.25) is 5.91 Å². The van der Waals surface area contributed by atoms with Crippen LogP contribution in [0.5, 0.6) is 0 Å². The van der Waals surface area contributed by atoms with E-state index >= 15 is 0 Å². The number of nitrogens with zero attached hydrogens (tertiary/aromatic N) is 1. The summed E-state index contributed by atoms with van der Waals surface area (Å²) in [5, 5.41) is 4.08. The largest absolute Gasteiger partial charge is 0.354 e. The molecule has 2 atom stereocenters. The Morgan fingerprint density at radius 3 is 2.44 bits per heavy atom. The molecule has 0 bridgehead atoms. The average molecular weight is 377 g/mol. The van der Waals surface area contributed by atoms with Gasteiger partial charge in [0, 0.05) is 0 Å². The quantitative estimate of drug-likeness (QED) is 0.728. The molecule has 138 valence electrons. The highest BCUT2D eigenvalue weighted by Gasteiger charge is 2.55. The summed E-state index contributed by atoms with van der Waals surface area (Å²) < 4.78 is 0. The summed E-state index contributed by atoms with van der Waals surface area (Å²) in [5.41, 5.74) is 3.55. The lowest BCUT2D eigenvalue weighted by Gasteiger charge is -2.54. The van der Waals surface area contributed by atoms with Gasteiger partial charge in [0.1, 0.15) is 0 Å². The Hall–Kier alpha value is -2.20. The summed E-state index contributed by atoms with van der Waals surface area (Å²) in [6.45, 7) is 0. The molecule has 4 heteroatoms. The van der Waals surface area contributed by atoms with Gasteiger partial charge in [0.15, 0.2) is 5.11 Å². The number of fused-ring (bicyclic) bond motifs is 4. The smallest absolute Gasteiger partial charge is 0.239 e. The molecule has 5 rings (SSSR count). The maximum Gasteiger partial charge on any atom is 0.239 e. The molecule has 2 aromatic rings. The number of amides is 1. The number of carbonyl (C=O) groups is 1. The van der Waals surface area contributed by atoms with Crippen molar-refractivity contribution in [2.75, 3.05) is 4.90 Å². The molecule has 2 fully saturated rings. The zero-order chi connectivity index (χ0) is 18.4. The molecule has 2 unspecified atom stereocenters. The monoisotopic (exact) mass is 376 g/mol. The van der Waals surface area contributed by atoms with Crippen LogP contribution in [0.1, 0.15) is 49.3 Å². The van der Waals surface area contributed by atoms with E-state index in [9.17, 15) is 4.79 Å². The van der Waals surface area contributed by atoms with Crippen LogP contribution in [0, 0.1) is 11.3 Å². The van der Waals surface area contributed by atoms with E-state index in [0.29, 0.717) is 5.11 Å². The first-order valence-electron chi connectivity index (χ1n) is 9.97. The second-order valence-electron chi connectivity index (χ2n) is 8.21. The van der Waals surface area contributed by atoms with Crippen molar-refractivity contribution in [1.29, 1.82) is 0 Å². The van der Waals surface area contributed by atoms with E-state index in [-0.39, 0.29) is 23.3 Å². The molecule has 1 amide bonds. The van der Waals surface area contributed by atoms with Gasteiger partial charge >= 0.3 is 0 Å². The van der Waals surface area contributed by atoms with Crippen LogP contribution in [0.15, 0.2) is 54.6 Å². The average Bonchev–Trinajstić information content (AvgIpc) is 2.69. The van der Waals surface area contributed by atoms with Crippen LogP contribution in [0.25, 0.3) is 0 Å². The number of anilines is 1. The van der Waals surface area contributed by atoms with E-state index in [1.54, 1.807) is 4.90 Å². The summed E-state index contributed by atoms with van der Waals surface area (Å²) in [4.78, 5) is 15.6. The van der Waals surface area contributed by atoms with Gasteiger partial charge in [0.05, 0.1) is 17.6 Å². The molecule has 0 radical (unpaired) electrons. The van der Waals surface area contributed by atoms with E-state index < -0.39 is 0 Å². The first-order chi connectivity index (χ1) is 13.2. The molecule has 3 aliphatic rings. The Balaban J connectivity index is 1.63. The molecule has 1 N–H and O–H groups in total. The van der Waals surface area contributed by atoms with Gasteiger partial charge in [-0.1, -0.05) is 61.7 Å². The minimum Gasteiger partial charge on any atom is -0.354 e. The number of hydrogen-bond donors (Lipinski definition) is 1. The zero-order valence-corrected chi connectivity index (χ0v) is 16.2. The zero-order valence-electron chi connectivity index (χ0n) is 15.4. The lowest BCUT2D eigenvalue weighted by molar-refractivity contribution is -0.130. The van der Waals surface area contributed by atoms with Crippen molar-refractivity contribution >= 4 is 28.9 Å². The third kappa shape index (κ3) is 2.61. The van der Waals surface area contributed by atoms with Crippen LogP contribution in [-0.4, -0.2) is 11.0 Å². The first kappa shape index (κ1) is 16.9. The fourth-order valence-electron chi connectivity index (χ4n) is 5.59. The van der Waals surface area contributed by atoms with Crippen molar-refractivity contribution in [3.63, 3.8) is 0 Å². The molecule has 1 aliphatic heterocycles. The lowest BCUT2D eigenvalue weighted by Crippen LogP contribution is -2.62. The number of rotatable bonds is 1. The summed E-state index contributed by atoms with van der Waals surface area (Å²) in [7, 11) is 0. The Morgan fingerprint density at radius 2 is 1.67 bits per heavy atom. The van der Waals surface area contributed by atoms with Gasteiger partial charge in [-0.25, -0.2) is 0 Å². The summed E-state index contributed by atoms with van der Waals surface area (Å²) in [5.74, 6) is 0.117. The van der Waals surface area contributed by atoms with Gasteiger partial charge in [-0.3, -0.25) is 9.69 Å². The predicted octanol–water partition coefficient (Wildman–Crippen LogP) is 4.77. The molecule has 3 nitrogen and oxygen atoms in total. The summed E-state index contributed by atoms with van der Waals surface area (Å²) in [6, 6.07) is 18.4. The second kappa shape index (κ2) is 6.45. The van der Waals surface area contributed by atoms with Crippen LogP contribution in [-0.2, 0) is 11.2 Å². The van der Waals surface area contributed by atoms with Crippen molar-refractivity contribution in [2.24, 2.45) is 11.3 Å². The van der Waals surface area contributed by atoms with E-state index in [4.69, 9.17) is 12.2 Å². The van der Waals surface area contributed by atoms with Crippen LogP contribution < -0.4 is 10.2 Å². The number of carbonyl (C=O) groups excluding carboxylic acids is 1. The molecule has 1 saturated heterocycles. The topological polar surface area (TPSA) is 32.3 Å². The van der Waals surface area contributed by atoms with Crippen LogP contribution in [0.2, 0.25) is 0 Å². The molecular weight excluding hydrogens is 352 g/mol. The predicted molar refractivity (Wildman–Crippen MR) is 112 cm³/mol. The summed E-state index contributed by atoms with van der Waals surface area (Å²) in [6.07, 6.45) is 6.98. The maximum absolute atomic E-state index is 13.9. The molecule has 1 saturated carbocycles. The van der Waals surface area contributed by atoms with Crippen molar-refractivity contribution < 1.29 is 4.79 Å². The third-order valence-corrected chi connectivity index (χ3v) is 7.06. The van der Waals surface area contributed by atoms with Crippen LogP contribution in [0.3, 0.4) is 0 Å². The van der Waals surface area contributed by atoms with E-state index in [0.717, 1.165) is 24.9 Å². The molecule has 1 heterocycles. The van der Waals surface area contributed by atoms with Crippen molar-refractivity contribution in [3.05, 3.63) is 65.7 Å². The Morgan fingerprint density at radius 1 is 0.963 bits per heavy atom. The second-order valence-corrected chi connectivity index (χ2v) is 8.60. The Bertz CT molecular complexity index is 888. The van der Waals surface area contributed by atoms with E-state index in [2.05, 4.69) is 29.6 Å². The van der Waals surface area contributed by atoms with Crippen LogP contribution in [0.4, 0.5) is 5.69 Å². The molecular formula is C23H24N2OS. The van der Waals surface area contributed by atoms with Gasteiger partial charge in [0.25, 0.3) is 0 Å². The van der Waals surface area contributed by atoms with Gasteiger partial charge in [-0.2, -0.15) is 0 Å². The molecule has 2 aromatic carbocycles. The molecule has 0 aromatic heterocycles. The number of nitrogens with one attached hydrogen (secondary N) is 1. The Labute approximate surface area is 165 Å². The molecule has 2 aliphatic carbocycles. The third-order valence-electron chi connectivity index (χ3n) is 6.76. The standard InChI is InChI=1S/C23H24N2OS/c26-21-19-20(24-22(27)25(21)17-10-3-1-4-11-17)18-12-6-5-9-16(18)15-23(19)13-7-2-8-14-23/h1,3-6,9-12,19-20H,2,7-8,13-15H2,(H,24,27). The SMILES string of the molecule is O=C1C2C(NC(=S)N1c1ccccc1)c1ccccc1CC21CCCCC1. The minimum atomic E-state index is -0.0559. The number of thiocarbonyl (C=S) groups is 1. The molecule has 27 heavy (non-hydrogen) atoms. The van der Waals surface area contributed by atoms with E-state index in [1.165, 1.54) is 30.4 Å². The van der Waals surface area contributed by atoms with Gasteiger partial charge in [-0.15, -0.1) is 0 Å². The fourth-order valence-corrected chi connectivity index (χ4v) is 5.91. The van der Waals surface area contributed by atoms with Gasteiger partial charge in [-0.05, 0) is 60.2 Å². The maximum atomic E-state index is 13.9. The van der Waals surface area contributed by atoms with Crippen molar-refractivity contribution in [1.82, 2.24) is 5.32 Å². The van der Waals surface area contributed by atoms with E-state index in [1.807, 2.05) is 30.3 Å². The normalized spacial score (nSPS) is 26.3. The van der Waals surface area contributed by atoms with Gasteiger partial charge < -0.3 is 5.32 Å². The Kier molecular flexibility index (Phi) is 4.05. The van der Waals surface area contributed by atoms with Crippen molar-refractivity contribution in [2.45, 2.75) is 44.6 Å². The molecule has 1 spiro atoms.